The van der Waals surface area contributed by atoms with Crippen molar-refractivity contribution in [3.05, 3.63) is 88.2 Å². The van der Waals surface area contributed by atoms with Crippen molar-refractivity contribution in [2.75, 3.05) is 36.8 Å². The highest BCUT2D eigenvalue weighted by Gasteiger charge is 2.53. The highest BCUT2D eigenvalue weighted by Crippen LogP contribution is 2.55. The van der Waals surface area contributed by atoms with Gasteiger partial charge in [0.1, 0.15) is 17.4 Å². The molecule has 2 aliphatic carbocycles. The van der Waals surface area contributed by atoms with Gasteiger partial charge in [0.15, 0.2) is 0 Å². The zero-order valence-corrected chi connectivity index (χ0v) is 36.4. The van der Waals surface area contributed by atoms with E-state index >= 15 is 0 Å². The second kappa shape index (κ2) is 16.1. The summed E-state index contributed by atoms with van der Waals surface area (Å²) in [5.41, 5.74) is 1.41. The van der Waals surface area contributed by atoms with Crippen molar-refractivity contribution in [1.82, 2.24) is 25.1 Å². The molecule has 1 spiro atoms. The first-order chi connectivity index (χ1) is 29.9. The van der Waals surface area contributed by atoms with E-state index in [1.165, 1.54) is 23.8 Å². The van der Waals surface area contributed by atoms with Gasteiger partial charge in [0, 0.05) is 66.7 Å². The van der Waals surface area contributed by atoms with Gasteiger partial charge in [-0.1, -0.05) is 31.7 Å². The lowest BCUT2D eigenvalue weighted by molar-refractivity contribution is -0.141. The van der Waals surface area contributed by atoms with Gasteiger partial charge in [-0.05, 0) is 112 Å². The number of fused-ring (bicyclic) bond motifs is 2. The summed E-state index contributed by atoms with van der Waals surface area (Å²) in [6.45, 7) is 13.7. The highest BCUT2D eigenvalue weighted by molar-refractivity contribution is 7.18. The summed E-state index contributed by atoms with van der Waals surface area (Å²) in [6, 6.07) is 11.6. The number of carbonyl (C=O) groups excluding carboxylic acids is 4. The number of halogens is 3. The molecule has 16 heteroatoms. The van der Waals surface area contributed by atoms with Gasteiger partial charge in [-0.2, -0.15) is 13.2 Å². The second-order valence-electron chi connectivity index (χ2n) is 19.1. The molecule has 2 aromatic heterocycles. The van der Waals surface area contributed by atoms with Gasteiger partial charge >= 0.3 is 6.18 Å². The quantitative estimate of drug-likeness (QED) is 0.109. The van der Waals surface area contributed by atoms with Crippen LogP contribution in [0.4, 0.5) is 24.5 Å². The number of hydrogen-bond donors (Lipinski definition) is 4. The van der Waals surface area contributed by atoms with Gasteiger partial charge in [0.2, 0.25) is 11.8 Å². The van der Waals surface area contributed by atoms with Crippen LogP contribution in [-0.2, 0) is 21.4 Å². The predicted octanol–water partition coefficient (Wildman–Crippen LogP) is 8.16. The monoisotopic (exact) mass is 883 g/mol. The molecule has 2 saturated heterocycles. The Balaban J connectivity index is 0.745. The van der Waals surface area contributed by atoms with E-state index < -0.39 is 35.3 Å². The number of pyridine rings is 1. The average Bonchev–Trinajstić information content (AvgIpc) is 3.74. The number of nitrogens with zero attached hydrogens (tertiary/aromatic N) is 4. The molecule has 9 rings (SSSR count). The summed E-state index contributed by atoms with van der Waals surface area (Å²) in [6.07, 6.45) is 2.45. The molecule has 1 unspecified atom stereocenters. The maximum atomic E-state index is 13.7. The van der Waals surface area contributed by atoms with E-state index in [0.29, 0.717) is 62.7 Å². The summed E-state index contributed by atoms with van der Waals surface area (Å²) in [7, 11) is 0. The van der Waals surface area contributed by atoms with Crippen molar-refractivity contribution in [3.8, 4) is 0 Å². The van der Waals surface area contributed by atoms with Crippen molar-refractivity contribution in [3.63, 3.8) is 0 Å². The molecule has 5 aliphatic rings. The molecule has 332 valence electrons. The van der Waals surface area contributed by atoms with Crippen molar-refractivity contribution in [1.29, 1.82) is 0 Å². The Kier molecular flexibility index (Phi) is 11.0. The number of carbonyl (C=O) groups is 4. The molecule has 4 fully saturated rings. The number of imide groups is 1. The minimum Gasteiger partial charge on any atom is -0.386 e. The van der Waals surface area contributed by atoms with Crippen LogP contribution in [0.5, 0.6) is 0 Å². The van der Waals surface area contributed by atoms with Crippen molar-refractivity contribution in [2.45, 2.75) is 95.9 Å². The molecule has 12 nitrogen and oxygen atoms in total. The molecule has 4 amide bonds. The topological polar surface area (TPSA) is 157 Å². The highest BCUT2D eigenvalue weighted by atomic mass is 32.1. The standard InChI is InChI=1S/C47H52F3N7O5S/c1-25(21-51-32-8-5-7-30-26(2)57(44(61)40(30)32)36-15-16-39(58)55-42(36)60)29-19-46(20-29)23-56(24-46)22-27-11-13-28(14-12-27)43-54-35-17-31(45(3,4)62)34(18-37(35)63-43)53-41(59)33-9-6-10-38(52-33)47(48,49)50/h5-10,17-18,25,27-29,36,51,62H,2,11-16,19-24H2,1,3-4H3,(H,53,59)(H,55,58,60)/t25-,27-,28-,36?/m0/s1. The maximum absolute atomic E-state index is 13.7. The van der Waals surface area contributed by atoms with Gasteiger partial charge in [-0.3, -0.25) is 29.4 Å². The Labute approximate surface area is 367 Å². The third kappa shape index (κ3) is 8.37. The van der Waals surface area contributed by atoms with E-state index in [4.69, 9.17) is 4.98 Å². The van der Waals surface area contributed by atoms with Crippen molar-refractivity contribution in [2.24, 2.45) is 23.2 Å². The molecule has 4 N–H and O–H groups in total. The minimum absolute atomic E-state index is 0.185. The van der Waals surface area contributed by atoms with Crippen LogP contribution in [0, 0.1) is 23.2 Å². The number of aromatic nitrogens is 2. The van der Waals surface area contributed by atoms with Crippen LogP contribution in [0.2, 0.25) is 0 Å². The maximum Gasteiger partial charge on any atom is 0.433 e. The number of hydrogen-bond acceptors (Lipinski definition) is 10. The fourth-order valence-corrected chi connectivity index (χ4v) is 11.8. The number of amides is 4. The van der Waals surface area contributed by atoms with Crippen molar-refractivity contribution >= 4 is 62.3 Å². The Bertz CT molecular complexity index is 2510. The SMILES string of the molecule is C=C1c2cccc(NC[C@H](C)C3CC4(C3)CN(C[C@H]3CC[C@H](c5nc6cc(C(C)(C)O)c(NC(=O)c7cccc(C(F)(F)F)n7)cc6s5)CC3)C4)c2C(=O)N1C1CCC(=O)NC1=O. The van der Waals surface area contributed by atoms with E-state index in [0.717, 1.165) is 79.4 Å². The molecule has 5 heterocycles. The van der Waals surface area contributed by atoms with Crippen LogP contribution < -0.4 is 16.0 Å². The minimum atomic E-state index is -4.69. The molecule has 0 radical (unpaired) electrons. The molecule has 2 aromatic carbocycles. The van der Waals surface area contributed by atoms with E-state index in [-0.39, 0.29) is 30.3 Å². The first-order valence-corrected chi connectivity index (χ1v) is 22.7. The molecule has 3 aliphatic heterocycles. The van der Waals surface area contributed by atoms with E-state index in [9.17, 15) is 37.5 Å². The lowest BCUT2D eigenvalue weighted by Crippen LogP contribution is -2.63. The summed E-state index contributed by atoms with van der Waals surface area (Å²) in [5.74, 6) is 0.0941. The lowest BCUT2D eigenvalue weighted by Gasteiger charge is -2.61. The first kappa shape index (κ1) is 43.1. The average molecular weight is 884 g/mol. The van der Waals surface area contributed by atoms with Crippen molar-refractivity contribution < 1.29 is 37.5 Å². The lowest BCUT2D eigenvalue weighted by atomic mass is 9.54. The fraction of sp³-hybridized carbons (Fsp3) is 0.489. The summed E-state index contributed by atoms with van der Waals surface area (Å²) < 4.78 is 40.7. The van der Waals surface area contributed by atoms with Gasteiger partial charge in [-0.15, -0.1) is 11.3 Å². The third-order valence-corrected chi connectivity index (χ3v) is 15.2. The number of piperidine rings is 1. The second-order valence-corrected chi connectivity index (χ2v) is 20.1. The van der Waals surface area contributed by atoms with Crippen LogP contribution in [-0.4, -0.2) is 80.7 Å². The van der Waals surface area contributed by atoms with E-state index in [2.05, 4.69) is 39.3 Å². The molecular formula is C47H52F3N7O5S. The largest absolute Gasteiger partial charge is 0.433 e. The molecule has 4 aromatic rings. The summed E-state index contributed by atoms with van der Waals surface area (Å²) >= 11 is 1.56. The summed E-state index contributed by atoms with van der Waals surface area (Å²) in [5, 5.41) is 20.6. The van der Waals surface area contributed by atoms with Crippen LogP contribution in [0.1, 0.15) is 121 Å². The first-order valence-electron chi connectivity index (χ1n) is 21.8. The normalized spacial score (nSPS) is 23.3. The van der Waals surface area contributed by atoms with Crippen LogP contribution in [0.25, 0.3) is 15.9 Å². The number of anilines is 2. The molecule has 2 atom stereocenters. The van der Waals surface area contributed by atoms with Crippen LogP contribution >= 0.6 is 11.3 Å². The third-order valence-electron chi connectivity index (χ3n) is 14.0. The fourth-order valence-electron chi connectivity index (χ4n) is 10.6. The number of thiazole rings is 1. The molecule has 63 heavy (non-hydrogen) atoms. The zero-order valence-electron chi connectivity index (χ0n) is 35.6. The number of likely N-dealkylation sites (tertiary alicyclic amines) is 1. The summed E-state index contributed by atoms with van der Waals surface area (Å²) in [4.78, 5) is 63.7. The van der Waals surface area contributed by atoms with Gasteiger partial charge in [0.05, 0.1) is 26.4 Å². The Morgan fingerprint density at radius 1 is 1.02 bits per heavy atom. The van der Waals surface area contributed by atoms with Crippen LogP contribution in [0.15, 0.2) is 55.1 Å². The smallest absolute Gasteiger partial charge is 0.386 e. The molecule has 2 saturated carbocycles. The Morgan fingerprint density at radius 3 is 2.44 bits per heavy atom. The molecular weight excluding hydrogens is 832 g/mol. The molecule has 0 bridgehead atoms. The zero-order chi connectivity index (χ0) is 44.6. The number of alkyl halides is 3. The number of aliphatic hydroxyl groups is 1. The van der Waals surface area contributed by atoms with Gasteiger partial charge < -0.3 is 20.6 Å². The Hall–Kier alpha value is -5.19. The van der Waals surface area contributed by atoms with Gasteiger partial charge in [0.25, 0.3) is 11.8 Å². The predicted molar refractivity (Wildman–Crippen MR) is 234 cm³/mol. The van der Waals surface area contributed by atoms with E-state index in [1.807, 2.05) is 18.2 Å². The number of benzene rings is 2. The van der Waals surface area contributed by atoms with Gasteiger partial charge in [-0.25, -0.2) is 9.97 Å². The number of nitrogens with one attached hydrogen (secondary N) is 3. The number of rotatable bonds is 11. The van der Waals surface area contributed by atoms with Crippen LogP contribution in [0.3, 0.4) is 0 Å². The Morgan fingerprint density at radius 2 is 1.75 bits per heavy atom. The van der Waals surface area contributed by atoms with E-state index in [1.54, 1.807) is 37.3 Å².